The molecule has 0 fully saturated rings. The van der Waals surface area contributed by atoms with Gasteiger partial charge in [0, 0.05) is 15.8 Å². The number of fused-ring (bicyclic) bond motifs is 1. The molecule has 0 spiro atoms. The van der Waals surface area contributed by atoms with Crippen molar-refractivity contribution < 1.29 is 4.52 Å². The van der Waals surface area contributed by atoms with Gasteiger partial charge in [0.25, 0.3) is 5.89 Å². The Balaban J connectivity index is 1.82. The van der Waals surface area contributed by atoms with Gasteiger partial charge in [0.15, 0.2) is 0 Å². The average molecular weight is 289 g/mol. The van der Waals surface area contributed by atoms with Crippen LogP contribution in [0, 0.1) is 0 Å². The Labute approximate surface area is 117 Å². The van der Waals surface area contributed by atoms with E-state index in [1.54, 1.807) is 22.7 Å². The first-order valence-electron chi connectivity index (χ1n) is 6.09. The Hall–Kier alpha value is -1.66. The van der Waals surface area contributed by atoms with Crippen molar-refractivity contribution in [3.8, 4) is 22.8 Å². The van der Waals surface area contributed by atoms with Gasteiger partial charge in [-0.1, -0.05) is 5.16 Å². The molecule has 0 aromatic carbocycles. The molecule has 3 aromatic rings. The molecule has 3 heterocycles. The Morgan fingerprint density at radius 2 is 2.26 bits per heavy atom. The van der Waals surface area contributed by atoms with E-state index in [9.17, 15) is 0 Å². The fraction of sp³-hybridized carbons (Fsp3) is 0.231. The summed E-state index contributed by atoms with van der Waals surface area (Å²) in [7, 11) is 0. The van der Waals surface area contributed by atoms with Crippen molar-refractivity contribution in [2.24, 2.45) is 0 Å². The molecule has 0 saturated carbocycles. The minimum Gasteiger partial charge on any atom is -0.390 e. The molecule has 3 aromatic heterocycles. The van der Waals surface area contributed by atoms with E-state index in [1.165, 1.54) is 16.9 Å². The Morgan fingerprint density at radius 3 is 3.11 bits per heavy atom. The smallest absolute Gasteiger partial charge is 0.261 e. The lowest BCUT2D eigenvalue weighted by atomic mass is 10.1. The highest BCUT2D eigenvalue weighted by Gasteiger charge is 2.25. The maximum atomic E-state index is 6.10. The molecule has 0 saturated heterocycles. The van der Waals surface area contributed by atoms with Crippen LogP contribution in [0.2, 0.25) is 0 Å². The van der Waals surface area contributed by atoms with E-state index >= 15 is 0 Å². The quantitative estimate of drug-likeness (QED) is 0.783. The zero-order valence-corrected chi connectivity index (χ0v) is 11.7. The van der Waals surface area contributed by atoms with Gasteiger partial charge in [0.05, 0.1) is 10.6 Å². The summed E-state index contributed by atoms with van der Waals surface area (Å²) in [4.78, 5) is 5.87. The molecule has 0 atom stereocenters. The molecule has 19 heavy (non-hydrogen) atoms. The van der Waals surface area contributed by atoms with Gasteiger partial charge in [-0.2, -0.15) is 16.3 Å². The molecular formula is C13H11N3OS2. The van der Waals surface area contributed by atoms with Crippen LogP contribution < -0.4 is 5.73 Å². The lowest BCUT2D eigenvalue weighted by molar-refractivity contribution is 0.432. The summed E-state index contributed by atoms with van der Waals surface area (Å²) in [6.07, 6.45) is 3.38. The molecule has 4 rings (SSSR count). The summed E-state index contributed by atoms with van der Waals surface area (Å²) in [5, 5.41) is 8.86. The Bertz CT molecular complexity index is 727. The number of aromatic nitrogens is 2. The number of anilines is 1. The number of thiophene rings is 2. The lowest BCUT2D eigenvalue weighted by Gasteiger charge is -1.96. The summed E-state index contributed by atoms with van der Waals surface area (Å²) in [6, 6.07) is 1.99. The zero-order chi connectivity index (χ0) is 12.8. The summed E-state index contributed by atoms with van der Waals surface area (Å²) in [5.41, 5.74) is 9.37. The molecule has 96 valence electrons. The highest BCUT2D eigenvalue weighted by atomic mass is 32.1. The highest BCUT2D eigenvalue weighted by Crippen LogP contribution is 2.43. The third kappa shape index (κ3) is 1.71. The monoisotopic (exact) mass is 289 g/mol. The number of nitrogens with two attached hydrogens (primary N) is 1. The molecule has 4 nitrogen and oxygen atoms in total. The predicted molar refractivity (Wildman–Crippen MR) is 77.4 cm³/mol. The minimum atomic E-state index is 0.554. The molecular weight excluding hydrogens is 278 g/mol. The molecule has 6 heteroatoms. The van der Waals surface area contributed by atoms with Gasteiger partial charge in [-0.15, -0.1) is 11.3 Å². The third-order valence-electron chi connectivity index (χ3n) is 3.37. The van der Waals surface area contributed by atoms with Crippen molar-refractivity contribution in [2.45, 2.75) is 19.3 Å². The van der Waals surface area contributed by atoms with Crippen LogP contribution in [0.4, 0.5) is 5.00 Å². The first kappa shape index (κ1) is 11.2. The van der Waals surface area contributed by atoms with Crippen LogP contribution in [0.15, 0.2) is 21.3 Å². The molecule has 1 aliphatic carbocycles. The molecule has 1 aliphatic rings. The topological polar surface area (TPSA) is 64.9 Å². The van der Waals surface area contributed by atoms with Crippen LogP contribution in [0.1, 0.15) is 16.9 Å². The fourth-order valence-electron chi connectivity index (χ4n) is 2.49. The van der Waals surface area contributed by atoms with Crippen LogP contribution >= 0.6 is 22.7 Å². The van der Waals surface area contributed by atoms with Crippen molar-refractivity contribution >= 4 is 27.7 Å². The van der Waals surface area contributed by atoms with E-state index < -0.39 is 0 Å². The van der Waals surface area contributed by atoms with Crippen molar-refractivity contribution in [2.75, 3.05) is 5.73 Å². The van der Waals surface area contributed by atoms with Gasteiger partial charge < -0.3 is 10.3 Å². The first-order chi connectivity index (χ1) is 9.33. The standard InChI is InChI=1S/C13H11N3OS2/c14-11-10(8-2-1-3-9(8)19-11)13-15-12(16-17-13)7-4-5-18-6-7/h4-6H,1-3,14H2. The second kappa shape index (κ2) is 4.18. The summed E-state index contributed by atoms with van der Waals surface area (Å²) in [6.45, 7) is 0. The summed E-state index contributed by atoms with van der Waals surface area (Å²) >= 11 is 3.28. The molecule has 0 aliphatic heterocycles. The average Bonchev–Trinajstić information content (AvgIpc) is 3.11. The summed E-state index contributed by atoms with van der Waals surface area (Å²) in [5.74, 6) is 1.19. The van der Waals surface area contributed by atoms with Crippen LogP contribution in [-0.2, 0) is 12.8 Å². The van der Waals surface area contributed by atoms with Gasteiger partial charge in [-0.3, -0.25) is 0 Å². The fourth-order valence-corrected chi connectivity index (χ4v) is 4.28. The van der Waals surface area contributed by atoms with E-state index in [1.807, 2.05) is 16.8 Å². The van der Waals surface area contributed by atoms with E-state index in [2.05, 4.69) is 10.1 Å². The molecule has 2 N–H and O–H groups in total. The minimum absolute atomic E-state index is 0.554. The van der Waals surface area contributed by atoms with Crippen molar-refractivity contribution in [3.63, 3.8) is 0 Å². The number of rotatable bonds is 2. The van der Waals surface area contributed by atoms with E-state index in [0.717, 1.165) is 29.0 Å². The Kier molecular flexibility index (Phi) is 2.46. The van der Waals surface area contributed by atoms with Crippen LogP contribution in [0.3, 0.4) is 0 Å². The molecule has 0 amide bonds. The van der Waals surface area contributed by atoms with Crippen LogP contribution in [-0.4, -0.2) is 10.1 Å². The van der Waals surface area contributed by atoms with Gasteiger partial charge >= 0.3 is 0 Å². The van der Waals surface area contributed by atoms with Gasteiger partial charge in [-0.25, -0.2) is 0 Å². The van der Waals surface area contributed by atoms with Crippen molar-refractivity contribution in [3.05, 3.63) is 27.3 Å². The summed E-state index contributed by atoms with van der Waals surface area (Å²) < 4.78 is 5.41. The third-order valence-corrected chi connectivity index (χ3v) is 5.17. The van der Waals surface area contributed by atoms with Crippen LogP contribution in [0.5, 0.6) is 0 Å². The van der Waals surface area contributed by atoms with Crippen molar-refractivity contribution in [1.82, 2.24) is 10.1 Å². The maximum Gasteiger partial charge on any atom is 0.261 e. The largest absolute Gasteiger partial charge is 0.390 e. The number of aryl methyl sites for hydroxylation is 1. The van der Waals surface area contributed by atoms with E-state index in [4.69, 9.17) is 10.3 Å². The second-order valence-electron chi connectivity index (χ2n) is 4.53. The number of nitrogens with zero attached hydrogens (tertiary/aromatic N) is 2. The predicted octanol–water partition coefficient (Wildman–Crippen LogP) is 3.60. The van der Waals surface area contributed by atoms with Gasteiger partial charge in [-0.05, 0) is 36.3 Å². The number of hydrogen-bond acceptors (Lipinski definition) is 6. The maximum absolute atomic E-state index is 6.10. The molecule has 0 radical (unpaired) electrons. The second-order valence-corrected chi connectivity index (χ2v) is 6.45. The lowest BCUT2D eigenvalue weighted by Crippen LogP contribution is -1.88. The van der Waals surface area contributed by atoms with Gasteiger partial charge in [0.1, 0.15) is 0 Å². The molecule has 0 unspecified atom stereocenters. The highest BCUT2D eigenvalue weighted by molar-refractivity contribution is 7.16. The Morgan fingerprint density at radius 1 is 1.32 bits per heavy atom. The van der Waals surface area contributed by atoms with E-state index in [-0.39, 0.29) is 0 Å². The number of nitrogen functional groups attached to an aromatic ring is 1. The molecule has 0 bridgehead atoms. The zero-order valence-electron chi connectivity index (χ0n) is 10.0. The number of hydrogen-bond donors (Lipinski definition) is 1. The van der Waals surface area contributed by atoms with Gasteiger partial charge in [0.2, 0.25) is 5.82 Å². The van der Waals surface area contributed by atoms with Crippen molar-refractivity contribution in [1.29, 1.82) is 0 Å². The normalized spacial score (nSPS) is 13.9. The SMILES string of the molecule is Nc1sc2c(c1-c1nc(-c3ccsc3)no1)CCC2. The van der Waals surface area contributed by atoms with E-state index in [0.29, 0.717) is 11.7 Å². The first-order valence-corrected chi connectivity index (χ1v) is 7.85. The van der Waals surface area contributed by atoms with Crippen LogP contribution in [0.25, 0.3) is 22.8 Å².